The van der Waals surface area contributed by atoms with E-state index in [-0.39, 0.29) is 6.04 Å². The molecule has 1 aliphatic carbocycles. The van der Waals surface area contributed by atoms with Crippen molar-refractivity contribution >= 4 is 37.5 Å². The van der Waals surface area contributed by atoms with Gasteiger partial charge in [0.25, 0.3) is 0 Å². The van der Waals surface area contributed by atoms with Crippen LogP contribution in [0.25, 0.3) is 21.5 Å². The van der Waals surface area contributed by atoms with Gasteiger partial charge in [-0.1, -0.05) is 29.8 Å². The zero-order valence-corrected chi connectivity index (χ0v) is 18.2. The summed E-state index contributed by atoms with van der Waals surface area (Å²) in [5.74, 6) is 0.700. The average Bonchev–Trinajstić information content (AvgIpc) is 3.36. The van der Waals surface area contributed by atoms with Gasteiger partial charge in [0.1, 0.15) is 4.83 Å². The fourth-order valence-electron chi connectivity index (χ4n) is 4.39. The van der Waals surface area contributed by atoms with E-state index in [1.807, 2.05) is 0 Å². The van der Waals surface area contributed by atoms with Crippen molar-refractivity contribution in [2.45, 2.75) is 38.6 Å². The molecule has 0 spiro atoms. The largest absolute Gasteiger partial charge is 0.339 e. The van der Waals surface area contributed by atoms with Gasteiger partial charge in [-0.15, -0.1) is 11.3 Å². The molecule has 0 bridgehead atoms. The van der Waals surface area contributed by atoms with E-state index in [2.05, 4.69) is 40.8 Å². The second-order valence-electron chi connectivity index (χ2n) is 8.10. The van der Waals surface area contributed by atoms with Gasteiger partial charge in [-0.05, 0) is 38.2 Å². The fraction of sp³-hybridized carbons (Fsp3) is 0.429. The first-order chi connectivity index (χ1) is 13.9. The van der Waals surface area contributed by atoms with Gasteiger partial charge in [-0.25, -0.2) is 23.1 Å². The highest BCUT2D eigenvalue weighted by Gasteiger charge is 2.29. The maximum atomic E-state index is 11.6. The van der Waals surface area contributed by atoms with E-state index in [4.69, 9.17) is 9.97 Å². The second kappa shape index (κ2) is 7.04. The van der Waals surface area contributed by atoms with Crippen LogP contribution in [0.3, 0.4) is 0 Å². The first kappa shape index (κ1) is 19.0. The molecule has 3 heterocycles. The lowest BCUT2D eigenvalue weighted by atomic mass is 10.0. The minimum atomic E-state index is -3.22. The van der Waals surface area contributed by atoms with Crippen molar-refractivity contribution < 1.29 is 8.42 Å². The molecule has 152 valence electrons. The van der Waals surface area contributed by atoms with Crippen LogP contribution >= 0.6 is 11.3 Å². The van der Waals surface area contributed by atoms with Gasteiger partial charge < -0.3 is 4.90 Å². The number of nitrogens with zero attached hydrogens (tertiary/aromatic N) is 3. The van der Waals surface area contributed by atoms with E-state index in [1.54, 1.807) is 11.3 Å². The molecule has 1 unspecified atom stereocenters. The zero-order chi connectivity index (χ0) is 20.2. The summed E-state index contributed by atoms with van der Waals surface area (Å²) in [6.45, 7) is 3.43. The number of rotatable bonds is 4. The monoisotopic (exact) mass is 428 g/mol. The number of fused-ring (bicyclic) bond motifs is 3. The van der Waals surface area contributed by atoms with Crippen molar-refractivity contribution in [3.8, 4) is 11.3 Å². The summed E-state index contributed by atoms with van der Waals surface area (Å²) in [5.41, 5.74) is 4.76. The highest BCUT2D eigenvalue weighted by atomic mass is 32.2. The van der Waals surface area contributed by atoms with E-state index in [9.17, 15) is 8.42 Å². The van der Waals surface area contributed by atoms with E-state index in [0.717, 1.165) is 41.9 Å². The quantitative estimate of drug-likeness (QED) is 0.690. The summed E-state index contributed by atoms with van der Waals surface area (Å²) < 4.78 is 25.9. The van der Waals surface area contributed by atoms with E-state index < -0.39 is 10.0 Å². The molecule has 1 fully saturated rings. The highest BCUT2D eigenvalue weighted by Crippen LogP contribution is 2.41. The smallest absolute Gasteiger partial charge is 0.227 e. The molecule has 1 N–H and O–H groups in total. The van der Waals surface area contributed by atoms with Gasteiger partial charge >= 0.3 is 0 Å². The Bertz CT molecular complexity index is 1190. The van der Waals surface area contributed by atoms with Crippen LogP contribution in [0.15, 0.2) is 24.3 Å². The maximum Gasteiger partial charge on any atom is 0.227 e. The van der Waals surface area contributed by atoms with Gasteiger partial charge in [-0.3, -0.25) is 0 Å². The fourth-order valence-corrected chi connectivity index (χ4v) is 6.44. The molecule has 5 rings (SSSR count). The molecule has 1 atom stereocenters. The van der Waals surface area contributed by atoms with Gasteiger partial charge in [0.15, 0.2) is 0 Å². The van der Waals surface area contributed by atoms with Crippen LogP contribution in [0.4, 0.5) is 5.95 Å². The number of anilines is 1. The number of hydrogen-bond donors (Lipinski definition) is 1. The summed E-state index contributed by atoms with van der Waals surface area (Å²) in [7, 11) is -3.22. The molecule has 1 aliphatic heterocycles. The normalized spacial score (nSPS) is 19.2. The Morgan fingerprint density at radius 2 is 1.97 bits per heavy atom. The number of hydrogen-bond acceptors (Lipinski definition) is 6. The van der Waals surface area contributed by atoms with E-state index in [1.165, 1.54) is 34.1 Å². The number of sulfonamides is 1. The third kappa shape index (κ3) is 3.65. The average molecular weight is 429 g/mol. The van der Waals surface area contributed by atoms with Crippen LogP contribution in [0.5, 0.6) is 0 Å². The lowest BCUT2D eigenvalue weighted by Gasteiger charge is -2.18. The summed E-state index contributed by atoms with van der Waals surface area (Å²) in [6.07, 6.45) is 5.40. The molecule has 0 saturated carbocycles. The molecule has 1 saturated heterocycles. The Morgan fingerprint density at radius 1 is 1.17 bits per heavy atom. The minimum Gasteiger partial charge on any atom is -0.339 e. The predicted octanol–water partition coefficient (Wildman–Crippen LogP) is 3.28. The SMILES string of the molecule is Cc1ccc(-c2nc(N3CCC(NS(C)(=O)=O)C3)nc3sc4c(c23)CCC4)cc1. The first-order valence-electron chi connectivity index (χ1n) is 9.99. The third-order valence-electron chi connectivity index (χ3n) is 5.73. The van der Waals surface area contributed by atoms with Crippen LogP contribution in [0.1, 0.15) is 28.8 Å². The molecule has 0 amide bonds. The molecule has 6 nitrogen and oxygen atoms in total. The van der Waals surface area contributed by atoms with Crippen LogP contribution in [-0.4, -0.2) is 43.8 Å². The Morgan fingerprint density at radius 3 is 2.72 bits per heavy atom. The van der Waals surface area contributed by atoms with Crippen molar-refractivity contribution in [2.75, 3.05) is 24.2 Å². The standard InChI is InChI=1S/C21H24N4O2S2/c1-13-6-8-14(9-7-13)19-18-16-4-3-5-17(16)28-20(18)23-21(22-19)25-11-10-15(12-25)24-29(2,26)27/h6-9,15,24H,3-5,10-12H2,1-2H3. The molecule has 8 heteroatoms. The number of aromatic nitrogens is 2. The van der Waals surface area contributed by atoms with Gasteiger partial charge in [-0.2, -0.15) is 0 Å². The second-order valence-corrected chi connectivity index (χ2v) is 11.0. The van der Waals surface area contributed by atoms with Crippen LogP contribution in [-0.2, 0) is 22.9 Å². The van der Waals surface area contributed by atoms with Crippen LogP contribution in [0, 0.1) is 6.92 Å². The molecule has 0 radical (unpaired) electrons. The molecule has 29 heavy (non-hydrogen) atoms. The predicted molar refractivity (Wildman–Crippen MR) is 118 cm³/mol. The number of aryl methyl sites for hydroxylation is 3. The van der Waals surface area contributed by atoms with Gasteiger partial charge in [0.2, 0.25) is 16.0 Å². The summed E-state index contributed by atoms with van der Waals surface area (Å²) in [4.78, 5) is 14.5. The van der Waals surface area contributed by atoms with E-state index in [0.29, 0.717) is 12.5 Å². The molecule has 1 aromatic carbocycles. The van der Waals surface area contributed by atoms with Crippen molar-refractivity contribution in [1.29, 1.82) is 0 Å². The molecule has 2 aliphatic rings. The lowest BCUT2D eigenvalue weighted by Crippen LogP contribution is -2.36. The Balaban J connectivity index is 1.58. The molecular formula is C21H24N4O2S2. The van der Waals surface area contributed by atoms with Crippen LogP contribution in [0.2, 0.25) is 0 Å². The first-order valence-corrected chi connectivity index (χ1v) is 12.7. The van der Waals surface area contributed by atoms with Crippen molar-refractivity contribution in [1.82, 2.24) is 14.7 Å². The summed E-state index contributed by atoms with van der Waals surface area (Å²) in [6, 6.07) is 8.42. The summed E-state index contributed by atoms with van der Waals surface area (Å²) in [5, 5.41) is 1.21. The molecule has 2 aromatic heterocycles. The minimum absolute atomic E-state index is 0.0968. The van der Waals surface area contributed by atoms with Crippen molar-refractivity contribution in [2.24, 2.45) is 0 Å². The summed E-state index contributed by atoms with van der Waals surface area (Å²) >= 11 is 1.79. The molecule has 3 aromatic rings. The third-order valence-corrected chi connectivity index (χ3v) is 7.68. The van der Waals surface area contributed by atoms with Crippen molar-refractivity contribution in [3.05, 3.63) is 40.3 Å². The number of thiophene rings is 1. The van der Waals surface area contributed by atoms with Crippen molar-refractivity contribution in [3.63, 3.8) is 0 Å². The Kier molecular flexibility index (Phi) is 4.60. The van der Waals surface area contributed by atoms with Gasteiger partial charge in [0, 0.05) is 35.0 Å². The number of nitrogens with one attached hydrogen (secondary N) is 1. The van der Waals surface area contributed by atoms with Gasteiger partial charge in [0.05, 0.1) is 11.9 Å². The van der Waals surface area contributed by atoms with E-state index >= 15 is 0 Å². The topological polar surface area (TPSA) is 75.2 Å². The highest BCUT2D eigenvalue weighted by molar-refractivity contribution is 7.88. The lowest BCUT2D eigenvalue weighted by molar-refractivity contribution is 0.567. The zero-order valence-electron chi connectivity index (χ0n) is 16.6. The molecular weight excluding hydrogens is 404 g/mol. The van der Waals surface area contributed by atoms with Crippen LogP contribution < -0.4 is 9.62 Å². The Labute approximate surface area is 175 Å². The number of benzene rings is 1. The Hall–Kier alpha value is -2.03. The maximum absolute atomic E-state index is 11.6.